The summed E-state index contributed by atoms with van der Waals surface area (Å²) in [6.45, 7) is 4.74. The van der Waals surface area contributed by atoms with E-state index in [9.17, 15) is 0 Å². The van der Waals surface area contributed by atoms with Gasteiger partial charge in [-0.25, -0.2) is 9.97 Å². The number of hydrogen-bond donors (Lipinski definition) is 0. The average Bonchev–Trinajstić information content (AvgIpc) is 3.49. The van der Waals surface area contributed by atoms with E-state index in [0.29, 0.717) is 5.82 Å². The van der Waals surface area contributed by atoms with Crippen LogP contribution in [0.3, 0.4) is 0 Å². The van der Waals surface area contributed by atoms with Gasteiger partial charge in [-0.3, -0.25) is 0 Å². The van der Waals surface area contributed by atoms with E-state index in [4.69, 9.17) is 9.97 Å². The van der Waals surface area contributed by atoms with E-state index in [1.54, 1.807) is 0 Å². The van der Waals surface area contributed by atoms with Crippen molar-refractivity contribution in [1.82, 2.24) is 9.97 Å². The molecule has 0 spiro atoms. The lowest BCUT2D eigenvalue weighted by Crippen LogP contribution is -2.15. The molecule has 0 unspecified atom stereocenters. The van der Waals surface area contributed by atoms with Crippen LogP contribution in [0.25, 0.3) is 99.6 Å². The zero-order chi connectivity index (χ0) is 38.1. The molecule has 0 saturated carbocycles. The van der Waals surface area contributed by atoms with Crippen LogP contribution in [0.4, 0.5) is 0 Å². The van der Waals surface area contributed by atoms with Gasteiger partial charge in [-0.15, -0.1) is 0 Å². The summed E-state index contributed by atoms with van der Waals surface area (Å²) < 4.78 is 0. The summed E-state index contributed by atoms with van der Waals surface area (Å²) in [4.78, 5) is 10.7. The molecule has 1 aromatic heterocycles. The molecule has 2 heteroatoms. The molecule has 0 radical (unpaired) electrons. The Morgan fingerprint density at radius 2 is 0.895 bits per heavy atom. The summed E-state index contributed by atoms with van der Waals surface area (Å²) in [6.07, 6.45) is 0. The molecule has 9 aromatic carbocycles. The monoisotopic (exact) mass is 726 g/mol. The van der Waals surface area contributed by atoms with Crippen LogP contribution >= 0.6 is 0 Å². The second-order valence-corrected chi connectivity index (χ2v) is 15.8. The van der Waals surface area contributed by atoms with Gasteiger partial charge in [0.2, 0.25) is 0 Å². The summed E-state index contributed by atoms with van der Waals surface area (Å²) in [7, 11) is 0. The van der Waals surface area contributed by atoms with E-state index in [1.165, 1.54) is 60.5 Å². The molecule has 0 bridgehead atoms. The van der Waals surface area contributed by atoms with Gasteiger partial charge in [-0.1, -0.05) is 178 Å². The Balaban J connectivity index is 1.08. The third-order valence-electron chi connectivity index (χ3n) is 12.1. The van der Waals surface area contributed by atoms with Gasteiger partial charge in [0.15, 0.2) is 5.82 Å². The first-order valence-corrected chi connectivity index (χ1v) is 19.7. The van der Waals surface area contributed by atoms with Crippen LogP contribution in [0.1, 0.15) is 25.0 Å². The minimum Gasteiger partial charge on any atom is -0.228 e. The Hall–Kier alpha value is -7.16. The van der Waals surface area contributed by atoms with E-state index in [0.717, 1.165) is 44.4 Å². The lowest BCUT2D eigenvalue weighted by atomic mass is 9.81. The van der Waals surface area contributed by atoms with Crippen molar-refractivity contribution in [3.05, 3.63) is 205 Å². The molecule has 57 heavy (non-hydrogen) atoms. The molecule has 1 heterocycles. The molecule has 268 valence electrons. The maximum atomic E-state index is 5.38. The number of benzene rings is 9. The molecular formula is C55H38N2. The predicted octanol–water partition coefficient (Wildman–Crippen LogP) is 14.6. The topological polar surface area (TPSA) is 25.8 Å². The SMILES string of the molecule is CC1(C)c2cc(-c3ccc(-c4cc(-c5cccc(-c6ccccc6)c5)nc(-c5cccc6ccccc56)n4)c4ccccc34)ccc2-c2cc3ccccc3cc21. The molecule has 2 nitrogen and oxygen atoms in total. The molecule has 1 aliphatic rings. The maximum absolute atomic E-state index is 5.38. The van der Waals surface area contributed by atoms with Gasteiger partial charge in [0.1, 0.15) is 0 Å². The van der Waals surface area contributed by atoms with Crippen molar-refractivity contribution in [3.8, 4) is 67.3 Å². The highest BCUT2D eigenvalue weighted by Gasteiger charge is 2.36. The zero-order valence-electron chi connectivity index (χ0n) is 31.9. The van der Waals surface area contributed by atoms with Crippen LogP contribution < -0.4 is 0 Å². The zero-order valence-corrected chi connectivity index (χ0v) is 31.9. The smallest absolute Gasteiger partial charge is 0.161 e. The molecule has 10 aromatic rings. The standard InChI is InChI=1S/C55H38N2/c1-55(2)50-33-40(26-27-46(50)49-31-38-17-6-7-18-39(38)32-51(49)55)43-28-29-47(45-24-11-10-23-44(43)45)53-34-52(41-21-12-20-37(30-41)35-14-4-3-5-15-35)56-54(57-53)48-25-13-19-36-16-8-9-22-42(36)48/h3-34H,1-2H3. The van der Waals surface area contributed by atoms with Crippen molar-refractivity contribution in [2.45, 2.75) is 19.3 Å². The highest BCUT2D eigenvalue weighted by molar-refractivity contribution is 6.06. The molecule has 11 rings (SSSR count). The molecule has 0 N–H and O–H groups in total. The van der Waals surface area contributed by atoms with Crippen molar-refractivity contribution in [2.24, 2.45) is 0 Å². The van der Waals surface area contributed by atoms with E-state index >= 15 is 0 Å². The summed E-state index contributed by atoms with van der Waals surface area (Å²) in [5.74, 6) is 0.714. The molecule has 1 aliphatic carbocycles. The van der Waals surface area contributed by atoms with Crippen molar-refractivity contribution in [3.63, 3.8) is 0 Å². The van der Waals surface area contributed by atoms with Crippen LogP contribution in [0.15, 0.2) is 194 Å². The Kier molecular flexibility index (Phi) is 7.55. The van der Waals surface area contributed by atoms with Gasteiger partial charge in [0.25, 0.3) is 0 Å². The Labute approximate surface area is 332 Å². The fourth-order valence-electron chi connectivity index (χ4n) is 9.13. The van der Waals surface area contributed by atoms with Gasteiger partial charge in [-0.2, -0.15) is 0 Å². The third-order valence-corrected chi connectivity index (χ3v) is 12.1. The van der Waals surface area contributed by atoms with Crippen LogP contribution in [-0.4, -0.2) is 9.97 Å². The molecule has 0 amide bonds. The molecule has 0 aliphatic heterocycles. The number of nitrogens with zero attached hydrogens (tertiary/aromatic N) is 2. The Morgan fingerprint density at radius 1 is 0.316 bits per heavy atom. The average molecular weight is 727 g/mol. The lowest BCUT2D eigenvalue weighted by Gasteiger charge is -2.22. The normalized spacial score (nSPS) is 12.9. The molecule has 0 atom stereocenters. The highest BCUT2D eigenvalue weighted by Crippen LogP contribution is 2.51. The van der Waals surface area contributed by atoms with E-state index in [2.05, 4.69) is 208 Å². The summed E-state index contributed by atoms with van der Waals surface area (Å²) in [6, 6.07) is 70.2. The summed E-state index contributed by atoms with van der Waals surface area (Å²) in [5.41, 5.74) is 15.0. The minimum absolute atomic E-state index is 0.117. The third kappa shape index (κ3) is 5.48. The summed E-state index contributed by atoms with van der Waals surface area (Å²) >= 11 is 0. The van der Waals surface area contributed by atoms with Crippen molar-refractivity contribution >= 4 is 32.3 Å². The van der Waals surface area contributed by atoms with E-state index < -0.39 is 0 Å². The largest absolute Gasteiger partial charge is 0.228 e. The van der Waals surface area contributed by atoms with Gasteiger partial charge in [0, 0.05) is 22.1 Å². The molecule has 0 fully saturated rings. The van der Waals surface area contributed by atoms with Crippen LogP contribution in [0.2, 0.25) is 0 Å². The van der Waals surface area contributed by atoms with Crippen LogP contribution in [0.5, 0.6) is 0 Å². The second-order valence-electron chi connectivity index (χ2n) is 15.8. The van der Waals surface area contributed by atoms with Gasteiger partial charge in [0.05, 0.1) is 11.4 Å². The second kappa shape index (κ2) is 13.0. The maximum Gasteiger partial charge on any atom is 0.161 e. The fourth-order valence-corrected chi connectivity index (χ4v) is 9.13. The number of fused-ring (bicyclic) bond motifs is 6. The highest BCUT2D eigenvalue weighted by atomic mass is 14.9. The number of hydrogen-bond acceptors (Lipinski definition) is 2. The minimum atomic E-state index is -0.117. The fraction of sp³-hybridized carbons (Fsp3) is 0.0545. The van der Waals surface area contributed by atoms with Crippen LogP contribution in [0, 0.1) is 0 Å². The Morgan fingerprint density at radius 3 is 1.72 bits per heavy atom. The van der Waals surface area contributed by atoms with Crippen LogP contribution in [-0.2, 0) is 5.41 Å². The van der Waals surface area contributed by atoms with E-state index in [1.807, 2.05) is 0 Å². The summed E-state index contributed by atoms with van der Waals surface area (Å²) in [5, 5.41) is 7.24. The van der Waals surface area contributed by atoms with Gasteiger partial charge >= 0.3 is 0 Å². The van der Waals surface area contributed by atoms with Gasteiger partial charge < -0.3 is 0 Å². The number of rotatable bonds is 5. The van der Waals surface area contributed by atoms with Crippen molar-refractivity contribution in [1.29, 1.82) is 0 Å². The Bertz CT molecular complexity index is 3210. The quantitative estimate of drug-likeness (QED) is 0.176. The predicted molar refractivity (Wildman–Crippen MR) is 239 cm³/mol. The first-order valence-electron chi connectivity index (χ1n) is 19.7. The number of aromatic nitrogens is 2. The molecular weight excluding hydrogens is 689 g/mol. The van der Waals surface area contributed by atoms with Gasteiger partial charge in [-0.05, 0) is 107 Å². The first-order chi connectivity index (χ1) is 28.0. The van der Waals surface area contributed by atoms with E-state index in [-0.39, 0.29) is 5.41 Å². The lowest BCUT2D eigenvalue weighted by molar-refractivity contribution is 0.661. The van der Waals surface area contributed by atoms with Crippen molar-refractivity contribution < 1.29 is 0 Å². The molecule has 0 saturated heterocycles. The first kappa shape index (κ1) is 33.2. The van der Waals surface area contributed by atoms with Crippen molar-refractivity contribution in [2.75, 3.05) is 0 Å².